The van der Waals surface area contributed by atoms with Crippen molar-refractivity contribution in [2.75, 3.05) is 34.2 Å². The van der Waals surface area contributed by atoms with Crippen molar-refractivity contribution < 1.29 is 4.79 Å². The second-order valence-corrected chi connectivity index (χ2v) is 5.49. The first-order chi connectivity index (χ1) is 10.1. The average Bonchev–Trinajstić information content (AvgIpc) is 3.02. The topological polar surface area (TPSA) is 47.9 Å². The van der Waals surface area contributed by atoms with Crippen LogP contribution in [0.5, 0.6) is 0 Å². The highest BCUT2D eigenvalue weighted by atomic mass is 127. The molecular weight excluding hydrogens is 391 g/mol. The number of nitrogens with zero attached hydrogens (tertiary/aromatic N) is 3. The Labute approximate surface area is 149 Å². The van der Waals surface area contributed by atoms with Gasteiger partial charge < -0.3 is 15.1 Å². The molecule has 0 bridgehead atoms. The van der Waals surface area contributed by atoms with Gasteiger partial charge in [-0.1, -0.05) is 12.1 Å². The lowest BCUT2D eigenvalue weighted by molar-refractivity contribution is 0.0827. The molecule has 1 amide bonds. The van der Waals surface area contributed by atoms with Crippen molar-refractivity contribution in [1.82, 2.24) is 15.1 Å². The summed E-state index contributed by atoms with van der Waals surface area (Å²) in [6.45, 7) is 2.88. The fourth-order valence-corrected chi connectivity index (χ4v) is 2.47. The number of carbonyl (C=O) groups is 1. The first-order valence-corrected chi connectivity index (χ1v) is 7.38. The quantitative estimate of drug-likeness (QED) is 0.467. The number of amides is 1. The molecule has 1 aromatic rings. The highest BCUT2D eigenvalue weighted by Crippen LogP contribution is 2.09. The summed E-state index contributed by atoms with van der Waals surface area (Å²) < 4.78 is 0. The molecular formula is C16H25IN4O. The maximum atomic E-state index is 11.8. The lowest BCUT2D eigenvalue weighted by atomic mass is 10.1. The molecule has 1 aromatic carbocycles. The van der Waals surface area contributed by atoms with Crippen LogP contribution in [0.4, 0.5) is 0 Å². The highest BCUT2D eigenvalue weighted by molar-refractivity contribution is 14.0. The van der Waals surface area contributed by atoms with Gasteiger partial charge in [-0.3, -0.25) is 9.79 Å². The van der Waals surface area contributed by atoms with E-state index < -0.39 is 0 Å². The fourth-order valence-electron chi connectivity index (χ4n) is 2.47. The van der Waals surface area contributed by atoms with E-state index in [4.69, 9.17) is 0 Å². The van der Waals surface area contributed by atoms with Crippen LogP contribution >= 0.6 is 24.0 Å². The summed E-state index contributed by atoms with van der Waals surface area (Å²) >= 11 is 0. The van der Waals surface area contributed by atoms with E-state index in [9.17, 15) is 4.79 Å². The van der Waals surface area contributed by atoms with E-state index in [0.29, 0.717) is 5.56 Å². The minimum atomic E-state index is 0. The fraction of sp³-hybridized carbons (Fsp3) is 0.500. The Morgan fingerprint density at radius 2 is 1.82 bits per heavy atom. The number of nitrogens with one attached hydrogen (secondary N) is 1. The number of benzene rings is 1. The largest absolute Gasteiger partial charge is 0.352 e. The Kier molecular flexibility index (Phi) is 7.64. The molecule has 2 rings (SSSR count). The third-order valence-electron chi connectivity index (χ3n) is 3.68. The van der Waals surface area contributed by atoms with Gasteiger partial charge in [-0.25, -0.2) is 0 Å². The Bertz CT molecular complexity index is 507. The molecule has 1 saturated heterocycles. The molecule has 1 aliphatic rings. The number of likely N-dealkylation sites (tertiary alicyclic amines) is 1. The molecule has 22 heavy (non-hydrogen) atoms. The van der Waals surface area contributed by atoms with Gasteiger partial charge in [0.1, 0.15) is 0 Å². The number of carbonyl (C=O) groups excluding carboxylic acids is 1. The molecule has 0 unspecified atom stereocenters. The van der Waals surface area contributed by atoms with Crippen LogP contribution in [-0.2, 0) is 6.54 Å². The maximum absolute atomic E-state index is 11.8. The Morgan fingerprint density at radius 1 is 1.23 bits per heavy atom. The molecule has 5 nitrogen and oxygen atoms in total. The first kappa shape index (κ1) is 18.7. The number of aliphatic imine (C=N–C) groups is 1. The number of hydrogen-bond acceptors (Lipinski definition) is 2. The van der Waals surface area contributed by atoms with Gasteiger partial charge in [-0.05, 0) is 30.5 Å². The summed E-state index contributed by atoms with van der Waals surface area (Å²) in [4.78, 5) is 20.0. The number of halogens is 1. The summed E-state index contributed by atoms with van der Waals surface area (Å²) in [6, 6.07) is 7.72. The van der Waals surface area contributed by atoms with Crippen LogP contribution < -0.4 is 5.32 Å². The van der Waals surface area contributed by atoms with Gasteiger partial charge in [-0.2, -0.15) is 0 Å². The van der Waals surface area contributed by atoms with Gasteiger partial charge in [0.25, 0.3) is 5.91 Å². The zero-order valence-electron chi connectivity index (χ0n) is 13.5. The molecule has 1 heterocycles. The van der Waals surface area contributed by atoms with Crippen molar-refractivity contribution in [2.24, 2.45) is 4.99 Å². The van der Waals surface area contributed by atoms with Crippen LogP contribution in [0.15, 0.2) is 29.3 Å². The van der Waals surface area contributed by atoms with Gasteiger partial charge in [0.05, 0.1) is 0 Å². The van der Waals surface area contributed by atoms with E-state index in [2.05, 4.69) is 15.2 Å². The molecule has 0 radical (unpaired) electrons. The second-order valence-electron chi connectivity index (χ2n) is 5.49. The summed E-state index contributed by atoms with van der Waals surface area (Å²) in [5, 5.41) is 3.38. The van der Waals surface area contributed by atoms with Gasteiger partial charge in [-0.15, -0.1) is 24.0 Å². The normalized spacial score (nSPS) is 14.5. The smallest absolute Gasteiger partial charge is 0.253 e. The SMILES string of the molecule is CN=C(NCc1ccc(C(=O)N(C)C)cc1)N1CCCC1.I. The molecule has 0 aliphatic carbocycles. The van der Waals surface area contributed by atoms with Gasteiger partial charge >= 0.3 is 0 Å². The van der Waals surface area contributed by atoms with Crippen molar-refractivity contribution in [2.45, 2.75) is 19.4 Å². The minimum Gasteiger partial charge on any atom is -0.352 e. The molecule has 0 aromatic heterocycles. The number of hydrogen-bond donors (Lipinski definition) is 1. The highest BCUT2D eigenvalue weighted by Gasteiger charge is 2.15. The summed E-state index contributed by atoms with van der Waals surface area (Å²) in [6.07, 6.45) is 2.48. The van der Waals surface area contributed by atoms with Crippen molar-refractivity contribution in [1.29, 1.82) is 0 Å². The third kappa shape index (κ3) is 4.86. The molecule has 0 spiro atoms. The lowest BCUT2D eigenvalue weighted by Crippen LogP contribution is -2.39. The molecule has 1 fully saturated rings. The predicted molar refractivity (Wildman–Crippen MR) is 101 cm³/mol. The average molecular weight is 416 g/mol. The van der Waals surface area contributed by atoms with Crippen molar-refractivity contribution in [3.8, 4) is 0 Å². The molecule has 0 saturated carbocycles. The van der Waals surface area contributed by atoms with Crippen LogP contribution in [0.25, 0.3) is 0 Å². The predicted octanol–water partition coefficient (Wildman–Crippen LogP) is 2.18. The van der Waals surface area contributed by atoms with E-state index in [-0.39, 0.29) is 29.9 Å². The first-order valence-electron chi connectivity index (χ1n) is 7.38. The molecule has 1 N–H and O–H groups in total. The zero-order chi connectivity index (χ0) is 15.2. The molecule has 122 valence electrons. The van der Waals surface area contributed by atoms with E-state index in [1.54, 1.807) is 19.0 Å². The Balaban J connectivity index is 0.00000242. The van der Waals surface area contributed by atoms with Gasteiger partial charge in [0.2, 0.25) is 0 Å². The summed E-state index contributed by atoms with van der Waals surface area (Å²) in [5.41, 5.74) is 1.86. The second kappa shape index (κ2) is 8.97. The van der Waals surface area contributed by atoms with Gasteiger partial charge in [0, 0.05) is 46.3 Å². The van der Waals surface area contributed by atoms with Gasteiger partial charge in [0.15, 0.2) is 5.96 Å². The molecule has 1 aliphatic heterocycles. The number of rotatable bonds is 3. The monoisotopic (exact) mass is 416 g/mol. The zero-order valence-corrected chi connectivity index (χ0v) is 15.8. The van der Waals surface area contributed by atoms with E-state index in [0.717, 1.165) is 31.2 Å². The molecule has 6 heteroatoms. The summed E-state index contributed by atoms with van der Waals surface area (Å²) in [5.74, 6) is 0.989. The van der Waals surface area contributed by atoms with Crippen LogP contribution in [-0.4, -0.2) is 55.9 Å². The summed E-state index contributed by atoms with van der Waals surface area (Å²) in [7, 11) is 5.34. The maximum Gasteiger partial charge on any atom is 0.253 e. The van der Waals surface area contributed by atoms with E-state index >= 15 is 0 Å². The Morgan fingerprint density at radius 3 is 2.32 bits per heavy atom. The van der Waals surface area contributed by atoms with Crippen molar-refractivity contribution >= 4 is 35.8 Å². The molecule has 0 atom stereocenters. The van der Waals surface area contributed by atoms with Crippen LogP contribution in [0, 0.1) is 0 Å². The van der Waals surface area contributed by atoms with Crippen LogP contribution in [0.2, 0.25) is 0 Å². The Hall–Kier alpha value is -1.31. The number of guanidine groups is 1. The van der Waals surface area contributed by atoms with Crippen molar-refractivity contribution in [3.05, 3.63) is 35.4 Å². The van der Waals surface area contributed by atoms with Crippen LogP contribution in [0.3, 0.4) is 0 Å². The van der Waals surface area contributed by atoms with E-state index in [1.165, 1.54) is 12.8 Å². The van der Waals surface area contributed by atoms with Crippen molar-refractivity contribution in [3.63, 3.8) is 0 Å². The lowest BCUT2D eigenvalue weighted by Gasteiger charge is -2.20. The standard InChI is InChI=1S/C16H24N4O.HI/c1-17-16(20-10-4-5-11-20)18-12-13-6-8-14(9-7-13)15(21)19(2)3;/h6-9H,4-5,10-12H2,1-3H3,(H,17,18);1H. The third-order valence-corrected chi connectivity index (χ3v) is 3.68. The van der Waals surface area contributed by atoms with Crippen LogP contribution in [0.1, 0.15) is 28.8 Å². The minimum absolute atomic E-state index is 0. The van der Waals surface area contributed by atoms with E-state index in [1.807, 2.05) is 31.3 Å².